The first kappa shape index (κ1) is 21.9. The van der Waals surface area contributed by atoms with Crippen LogP contribution >= 0.6 is 23.8 Å². The number of phosphoric ester groups is 1. The first-order valence-corrected chi connectivity index (χ1v) is 8.93. The van der Waals surface area contributed by atoms with Crippen molar-refractivity contribution in [2.75, 3.05) is 12.3 Å². The van der Waals surface area contributed by atoms with Gasteiger partial charge in [0, 0.05) is 0 Å². The number of halogens is 1. The molecule has 6 N–H and O–H groups in total. The van der Waals surface area contributed by atoms with Gasteiger partial charge in [-0.25, -0.2) is 4.98 Å². The van der Waals surface area contributed by atoms with Crippen molar-refractivity contribution in [2.24, 2.45) is 0 Å². The molecule has 0 saturated carbocycles. The summed E-state index contributed by atoms with van der Waals surface area (Å²) in [5.74, 6) is -0.144. The minimum absolute atomic E-state index is 0. The molecular weight excluding hydrogens is 452 g/mol. The molecule has 5 atom stereocenters. The number of nitrogen functional groups attached to an aromatic ring is 1. The van der Waals surface area contributed by atoms with Gasteiger partial charge in [0.05, 0.1) is 6.61 Å². The van der Waals surface area contributed by atoms with Crippen LogP contribution in [-0.2, 0) is 18.3 Å². The van der Waals surface area contributed by atoms with Crippen molar-refractivity contribution in [3.63, 3.8) is 0 Å². The van der Waals surface area contributed by atoms with E-state index < -0.39 is 37.9 Å². The molecule has 138 valence electrons. The van der Waals surface area contributed by atoms with Gasteiger partial charge in [0.25, 0.3) is 13.4 Å². The largest absolute Gasteiger partial charge is 1.00 e. The van der Waals surface area contributed by atoms with Crippen molar-refractivity contribution in [3.05, 3.63) is 15.1 Å². The van der Waals surface area contributed by atoms with E-state index in [0.29, 0.717) is 0 Å². The number of nitrogens with two attached hydrogens (primary N) is 1. The van der Waals surface area contributed by atoms with Gasteiger partial charge in [0.2, 0.25) is 5.95 Å². The SMILES string of the molecule is Nc1nc2c(nc(Br)n2[C@@H]2O[C@@H]3COP(=O)([O-])O[C@H]3[C@H]2O)c(=O)[nH]1.O.[Na+]. The molecule has 1 unspecified atom stereocenters. The molecule has 2 aliphatic rings. The third kappa shape index (κ3) is 3.52. The number of aliphatic hydroxyl groups is 1. The normalized spacial score (nSPS) is 33.3. The van der Waals surface area contributed by atoms with Crippen LogP contribution < -0.4 is 45.7 Å². The van der Waals surface area contributed by atoms with Crippen LogP contribution in [0.3, 0.4) is 0 Å². The summed E-state index contributed by atoms with van der Waals surface area (Å²) >= 11 is 3.17. The fraction of sp³-hybridized carbons (Fsp3) is 0.500. The number of ether oxygens (including phenoxy) is 1. The number of nitrogens with one attached hydrogen (secondary N) is 1. The summed E-state index contributed by atoms with van der Waals surface area (Å²) in [6.45, 7) is -0.292. The van der Waals surface area contributed by atoms with E-state index in [1.807, 2.05) is 0 Å². The molecule has 2 aliphatic heterocycles. The average Bonchev–Trinajstić information content (AvgIpc) is 2.96. The topological polar surface area (TPSA) is 209 Å². The molecule has 13 nitrogen and oxygen atoms in total. The smallest absolute Gasteiger partial charge is 0.756 e. The van der Waals surface area contributed by atoms with Crippen molar-refractivity contribution in [1.29, 1.82) is 0 Å². The van der Waals surface area contributed by atoms with E-state index in [4.69, 9.17) is 15.0 Å². The molecular formula is C10H12BrN5NaO8P. The molecule has 2 aromatic rings. The third-order valence-electron chi connectivity index (χ3n) is 3.74. The molecule has 2 aromatic heterocycles. The Balaban J connectivity index is 0.00000121. The molecule has 2 saturated heterocycles. The second-order valence-electron chi connectivity index (χ2n) is 5.24. The van der Waals surface area contributed by atoms with Gasteiger partial charge in [0.15, 0.2) is 22.1 Å². The van der Waals surface area contributed by atoms with Crippen LogP contribution in [0.15, 0.2) is 9.53 Å². The molecule has 0 radical (unpaired) electrons. The number of aromatic amines is 1. The maximum Gasteiger partial charge on any atom is 1.00 e. The second kappa shape index (κ2) is 7.56. The van der Waals surface area contributed by atoms with Crippen LogP contribution in [-0.4, -0.2) is 55.0 Å². The maximum atomic E-state index is 11.9. The zero-order valence-electron chi connectivity index (χ0n) is 13.2. The van der Waals surface area contributed by atoms with Crippen LogP contribution in [0.1, 0.15) is 6.23 Å². The molecule has 4 rings (SSSR count). The van der Waals surface area contributed by atoms with Gasteiger partial charge in [-0.2, -0.15) is 4.98 Å². The van der Waals surface area contributed by atoms with Crippen LogP contribution in [0.5, 0.6) is 0 Å². The predicted octanol–water partition coefficient (Wildman–Crippen LogP) is -5.21. The van der Waals surface area contributed by atoms with Crippen LogP contribution in [0.4, 0.5) is 5.95 Å². The molecule has 0 aliphatic carbocycles. The number of rotatable bonds is 1. The number of anilines is 1. The van der Waals surface area contributed by atoms with E-state index in [9.17, 15) is 19.4 Å². The Hall–Kier alpha value is -0.380. The Labute approximate surface area is 175 Å². The molecule has 2 fully saturated rings. The number of hydrogen-bond donors (Lipinski definition) is 3. The zero-order valence-corrected chi connectivity index (χ0v) is 17.6. The van der Waals surface area contributed by atoms with Gasteiger partial charge in [-0.3, -0.25) is 18.9 Å². The molecule has 0 aromatic carbocycles. The van der Waals surface area contributed by atoms with E-state index in [-0.39, 0.29) is 63.5 Å². The van der Waals surface area contributed by atoms with Crippen LogP contribution in [0, 0.1) is 0 Å². The summed E-state index contributed by atoms with van der Waals surface area (Å²) in [6.07, 6.45) is -4.42. The Kier molecular flexibility index (Phi) is 6.37. The summed E-state index contributed by atoms with van der Waals surface area (Å²) in [6, 6.07) is 0. The van der Waals surface area contributed by atoms with Crippen molar-refractivity contribution in [1.82, 2.24) is 19.5 Å². The van der Waals surface area contributed by atoms with Crippen LogP contribution in [0.2, 0.25) is 0 Å². The molecule has 26 heavy (non-hydrogen) atoms. The molecule has 0 amide bonds. The van der Waals surface area contributed by atoms with Gasteiger partial charge in [-0.05, 0) is 15.9 Å². The standard InChI is InChI=1S/C10H11BrN5O7P.Na.H2O/c11-9-13-3-6(14-10(12)15-7(3)18)16(9)8-4(17)5-2(22-8)1-21-24(19,20)23-5;;/h2,4-5,8,17H,1H2,(H,19,20)(H3,12,14,15,18);;1H2/q;+1;/p-1/t2-,4-,5-,8-;;/m1../s1. The number of H-pyrrole nitrogens is 1. The summed E-state index contributed by atoms with van der Waals surface area (Å²) in [5.41, 5.74) is 5.02. The Morgan fingerprint density at radius 2 is 2.15 bits per heavy atom. The fourth-order valence-corrected chi connectivity index (χ4v) is 4.24. The van der Waals surface area contributed by atoms with E-state index in [0.717, 1.165) is 0 Å². The van der Waals surface area contributed by atoms with Gasteiger partial charge in [0.1, 0.15) is 18.3 Å². The van der Waals surface area contributed by atoms with Crippen molar-refractivity contribution in [3.8, 4) is 0 Å². The first-order valence-electron chi connectivity index (χ1n) is 6.67. The van der Waals surface area contributed by atoms with Gasteiger partial charge < -0.3 is 35.0 Å². The minimum Gasteiger partial charge on any atom is -0.756 e. The molecule has 0 bridgehead atoms. The quantitative estimate of drug-likeness (QED) is 0.208. The van der Waals surface area contributed by atoms with Crippen molar-refractivity contribution < 1.29 is 63.4 Å². The third-order valence-corrected chi connectivity index (χ3v) is 5.26. The predicted molar refractivity (Wildman–Crippen MR) is 82.2 cm³/mol. The number of hydrogen-bond acceptors (Lipinski definition) is 10. The Morgan fingerprint density at radius 1 is 1.46 bits per heavy atom. The maximum absolute atomic E-state index is 11.9. The number of phosphoric acid groups is 1. The van der Waals surface area contributed by atoms with Gasteiger partial charge >= 0.3 is 29.6 Å². The number of imidazole rings is 1. The molecule has 16 heteroatoms. The summed E-state index contributed by atoms with van der Waals surface area (Å²) < 4.78 is 27.8. The van der Waals surface area contributed by atoms with Crippen molar-refractivity contribution in [2.45, 2.75) is 24.5 Å². The second-order valence-corrected chi connectivity index (χ2v) is 7.32. The minimum atomic E-state index is -4.49. The summed E-state index contributed by atoms with van der Waals surface area (Å²) in [7, 11) is -4.49. The van der Waals surface area contributed by atoms with Gasteiger partial charge in [-0.1, -0.05) is 0 Å². The first-order chi connectivity index (χ1) is 11.3. The fourth-order valence-electron chi connectivity index (χ4n) is 2.74. The molecule has 0 spiro atoms. The molecule has 4 heterocycles. The number of fused-ring (bicyclic) bond motifs is 2. The summed E-state index contributed by atoms with van der Waals surface area (Å²) in [4.78, 5) is 33.6. The number of nitrogens with zero attached hydrogens (tertiary/aromatic N) is 3. The van der Waals surface area contributed by atoms with Crippen LogP contribution in [0.25, 0.3) is 11.2 Å². The Morgan fingerprint density at radius 3 is 2.85 bits per heavy atom. The van der Waals surface area contributed by atoms with Gasteiger partial charge in [-0.15, -0.1) is 0 Å². The monoisotopic (exact) mass is 463 g/mol. The summed E-state index contributed by atoms with van der Waals surface area (Å²) in [5, 5.41) is 10.4. The Bertz CT molecular complexity index is 938. The number of aliphatic hydroxyl groups excluding tert-OH is 1. The van der Waals surface area contributed by atoms with E-state index in [1.165, 1.54) is 4.57 Å². The zero-order chi connectivity index (χ0) is 17.2. The van der Waals surface area contributed by atoms with E-state index in [1.54, 1.807) is 0 Å². The van der Waals surface area contributed by atoms with Crippen molar-refractivity contribution >= 4 is 40.9 Å². The van der Waals surface area contributed by atoms with E-state index in [2.05, 4.69) is 35.4 Å². The number of aromatic nitrogens is 4. The van der Waals surface area contributed by atoms with E-state index >= 15 is 0 Å². The average molecular weight is 464 g/mol.